The van der Waals surface area contributed by atoms with Crippen LogP contribution in [0.1, 0.15) is 31.1 Å². The minimum atomic E-state index is -0.622. The molecule has 0 bridgehead atoms. The summed E-state index contributed by atoms with van der Waals surface area (Å²) in [6, 6.07) is 10.4. The molecule has 0 saturated carbocycles. The number of pyridine rings is 1. The van der Waals surface area contributed by atoms with Crippen LogP contribution >= 0.6 is 0 Å². The van der Waals surface area contributed by atoms with Gasteiger partial charge in [0.25, 0.3) is 0 Å². The average molecular weight is 440 g/mol. The molecule has 3 rings (SSSR count). The van der Waals surface area contributed by atoms with E-state index in [9.17, 15) is 4.79 Å². The van der Waals surface area contributed by atoms with Crippen molar-refractivity contribution in [2.24, 2.45) is 0 Å². The van der Waals surface area contributed by atoms with Gasteiger partial charge in [0.2, 0.25) is 0 Å². The van der Waals surface area contributed by atoms with E-state index in [2.05, 4.69) is 10.3 Å². The first-order valence-electron chi connectivity index (χ1n) is 10.1. The number of alkyl carbamates (subject to hydrolysis) is 1. The van der Waals surface area contributed by atoms with E-state index in [1.165, 1.54) is 0 Å². The summed E-state index contributed by atoms with van der Waals surface area (Å²) in [7, 11) is 6.29. The highest BCUT2D eigenvalue weighted by Crippen LogP contribution is 2.37. The lowest BCUT2D eigenvalue weighted by atomic mass is 9.97. The molecular formula is C24H28N2O6. The molecule has 0 aliphatic rings. The normalized spacial score (nSPS) is 11.7. The Morgan fingerprint density at radius 2 is 1.47 bits per heavy atom. The van der Waals surface area contributed by atoms with Crippen molar-refractivity contribution in [1.29, 1.82) is 0 Å². The maximum Gasteiger partial charge on any atom is 0.408 e. The summed E-state index contributed by atoms with van der Waals surface area (Å²) in [5.74, 6) is 2.28. The van der Waals surface area contributed by atoms with Crippen molar-refractivity contribution in [2.75, 3.05) is 28.4 Å². The number of benzene rings is 2. The number of rotatable bonds is 8. The Bertz CT molecular complexity index is 1100. The Morgan fingerprint density at radius 3 is 2.09 bits per heavy atom. The van der Waals surface area contributed by atoms with Crippen molar-refractivity contribution in [3.63, 3.8) is 0 Å². The van der Waals surface area contributed by atoms with Crippen LogP contribution < -0.4 is 24.3 Å². The summed E-state index contributed by atoms with van der Waals surface area (Å²) in [4.78, 5) is 17.2. The molecule has 0 spiro atoms. The maximum atomic E-state index is 12.6. The first kappa shape index (κ1) is 23.0. The van der Waals surface area contributed by atoms with E-state index >= 15 is 0 Å². The fraction of sp³-hybridized carbons (Fsp3) is 0.333. The number of fused-ring (bicyclic) bond motifs is 1. The van der Waals surface area contributed by atoms with Crippen LogP contribution in [0.2, 0.25) is 0 Å². The van der Waals surface area contributed by atoms with Crippen molar-refractivity contribution in [3.8, 4) is 23.0 Å². The van der Waals surface area contributed by atoms with Crippen LogP contribution in [-0.2, 0) is 4.74 Å². The Hall–Kier alpha value is -3.68. The predicted octanol–water partition coefficient (Wildman–Crippen LogP) is 4.49. The highest BCUT2D eigenvalue weighted by atomic mass is 16.6. The molecule has 1 aromatic heterocycles. The number of hydrogen-bond donors (Lipinski definition) is 1. The topological polar surface area (TPSA) is 88.1 Å². The summed E-state index contributed by atoms with van der Waals surface area (Å²) in [5.41, 5.74) is 1.37. The number of carbonyl (C=O) groups excluding carboxylic acids is 1. The fourth-order valence-electron chi connectivity index (χ4n) is 3.46. The maximum absolute atomic E-state index is 12.6. The summed E-state index contributed by atoms with van der Waals surface area (Å²) in [6.45, 7) is 3.58. The molecule has 1 atom stereocenters. The zero-order valence-corrected chi connectivity index (χ0v) is 19.1. The second kappa shape index (κ2) is 10.1. The van der Waals surface area contributed by atoms with Gasteiger partial charge in [-0.25, -0.2) is 4.79 Å². The molecule has 1 heterocycles. The summed E-state index contributed by atoms with van der Waals surface area (Å²) in [5, 5.41) is 4.62. The summed E-state index contributed by atoms with van der Waals surface area (Å²) in [6.07, 6.45) is 0.859. The Morgan fingerprint density at radius 1 is 0.844 bits per heavy atom. The van der Waals surface area contributed by atoms with Crippen molar-refractivity contribution in [3.05, 3.63) is 53.9 Å². The number of nitrogens with zero attached hydrogens (tertiary/aromatic N) is 1. The number of methoxy groups -OCH3 is 4. The van der Waals surface area contributed by atoms with Gasteiger partial charge in [0.05, 0.1) is 40.2 Å². The first-order valence-corrected chi connectivity index (χ1v) is 10.1. The quantitative estimate of drug-likeness (QED) is 0.552. The Kier molecular flexibility index (Phi) is 7.25. The predicted molar refractivity (Wildman–Crippen MR) is 121 cm³/mol. The number of aromatic nitrogens is 1. The highest BCUT2D eigenvalue weighted by Gasteiger charge is 2.24. The van der Waals surface area contributed by atoms with Gasteiger partial charge in [-0.15, -0.1) is 0 Å². The van der Waals surface area contributed by atoms with Crippen LogP contribution in [0.25, 0.3) is 10.8 Å². The van der Waals surface area contributed by atoms with Gasteiger partial charge in [-0.1, -0.05) is 6.07 Å². The lowest BCUT2D eigenvalue weighted by Crippen LogP contribution is -2.32. The van der Waals surface area contributed by atoms with Crippen LogP contribution in [0.4, 0.5) is 4.79 Å². The average Bonchev–Trinajstić information content (AvgIpc) is 2.80. The molecule has 0 fully saturated rings. The molecule has 0 aliphatic heterocycles. The molecule has 170 valence electrons. The second-order valence-electron chi connectivity index (χ2n) is 7.27. The fourth-order valence-corrected chi connectivity index (χ4v) is 3.46. The molecule has 1 unspecified atom stereocenters. The van der Waals surface area contributed by atoms with E-state index in [1.807, 2.05) is 24.3 Å². The summed E-state index contributed by atoms with van der Waals surface area (Å²) < 4.78 is 27.1. The molecule has 8 heteroatoms. The van der Waals surface area contributed by atoms with Crippen LogP contribution in [0, 0.1) is 0 Å². The Balaban J connectivity index is 2.19. The van der Waals surface area contributed by atoms with Gasteiger partial charge in [0.1, 0.15) is 6.04 Å². The van der Waals surface area contributed by atoms with Crippen molar-refractivity contribution < 1.29 is 28.5 Å². The second-order valence-corrected chi connectivity index (χ2v) is 7.27. The lowest BCUT2D eigenvalue weighted by Gasteiger charge is -2.22. The minimum absolute atomic E-state index is 0.272. The Labute approximate surface area is 187 Å². The zero-order chi connectivity index (χ0) is 23.3. The number of ether oxygens (including phenoxy) is 5. The van der Waals surface area contributed by atoms with E-state index in [0.29, 0.717) is 28.7 Å². The van der Waals surface area contributed by atoms with Crippen LogP contribution in [-0.4, -0.2) is 45.6 Å². The van der Waals surface area contributed by atoms with E-state index in [4.69, 9.17) is 23.7 Å². The van der Waals surface area contributed by atoms with E-state index in [1.54, 1.807) is 60.6 Å². The minimum Gasteiger partial charge on any atom is -0.493 e. The van der Waals surface area contributed by atoms with Gasteiger partial charge < -0.3 is 29.0 Å². The third kappa shape index (κ3) is 4.80. The van der Waals surface area contributed by atoms with Gasteiger partial charge in [-0.05, 0) is 55.1 Å². The summed E-state index contributed by atoms with van der Waals surface area (Å²) >= 11 is 0. The molecule has 1 N–H and O–H groups in total. The number of nitrogens with one attached hydrogen (secondary N) is 1. The molecule has 3 aromatic rings. The number of amides is 1. The van der Waals surface area contributed by atoms with E-state index in [-0.39, 0.29) is 6.10 Å². The van der Waals surface area contributed by atoms with Crippen LogP contribution in [0.15, 0.2) is 42.6 Å². The molecule has 2 aromatic carbocycles. The van der Waals surface area contributed by atoms with Crippen molar-refractivity contribution in [2.45, 2.75) is 26.0 Å². The lowest BCUT2D eigenvalue weighted by molar-refractivity contribution is 0.113. The zero-order valence-electron chi connectivity index (χ0n) is 19.1. The SMILES string of the molecule is COc1ccc(C(NC(=O)OC(C)C)c2nccc3cc(OC)c(OC)cc23)cc1OC. The van der Waals surface area contributed by atoms with Gasteiger partial charge in [0, 0.05) is 11.6 Å². The van der Waals surface area contributed by atoms with Crippen molar-refractivity contribution >= 4 is 16.9 Å². The third-order valence-electron chi connectivity index (χ3n) is 4.92. The van der Waals surface area contributed by atoms with Gasteiger partial charge in [-0.3, -0.25) is 4.98 Å². The van der Waals surface area contributed by atoms with E-state index in [0.717, 1.165) is 16.3 Å². The smallest absolute Gasteiger partial charge is 0.408 e. The molecular weight excluding hydrogens is 412 g/mol. The third-order valence-corrected chi connectivity index (χ3v) is 4.92. The van der Waals surface area contributed by atoms with Crippen LogP contribution in [0.3, 0.4) is 0 Å². The van der Waals surface area contributed by atoms with Gasteiger partial charge in [-0.2, -0.15) is 0 Å². The van der Waals surface area contributed by atoms with Crippen molar-refractivity contribution in [1.82, 2.24) is 10.3 Å². The molecule has 0 radical (unpaired) electrons. The molecule has 32 heavy (non-hydrogen) atoms. The number of carbonyl (C=O) groups is 1. The van der Waals surface area contributed by atoms with Crippen LogP contribution in [0.5, 0.6) is 23.0 Å². The van der Waals surface area contributed by atoms with Gasteiger partial charge >= 0.3 is 6.09 Å². The number of hydrogen-bond acceptors (Lipinski definition) is 7. The molecule has 0 saturated heterocycles. The highest BCUT2D eigenvalue weighted by molar-refractivity contribution is 5.89. The monoisotopic (exact) mass is 440 g/mol. The molecule has 0 aliphatic carbocycles. The molecule has 8 nitrogen and oxygen atoms in total. The standard InChI is InChI=1S/C24H28N2O6/c1-14(2)32-24(27)26-22(16-7-8-18(28-3)19(12-16)29-4)23-17-13-21(31-6)20(30-5)11-15(17)9-10-25-23/h7-14,22H,1-6H3,(H,26,27). The van der Waals surface area contributed by atoms with Gasteiger partial charge in [0.15, 0.2) is 23.0 Å². The first-order chi connectivity index (χ1) is 15.4. The van der Waals surface area contributed by atoms with E-state index < -0.39 is 12.1 Å². The molecule has 1 amide bonds. The largest absolute Gasteiger partial charge is 0.493 e.